The number of nitrogens with one attached hydrogen (secondary N) is 2. The fourth-order valence-electron chi connectivity index (χ4n) is 4.53. The first-order chi connectivity index (χ1) is 17.0. The van der Waals surface area contributed by atoms with E-state index in [9.17, 15) is 14.4 Å². The van der Waals surface area contributed by atoms with E-state index >= 15 is 0 Å². The average Bonchev–Trinajstić information content (AvgIpc) is 3.48. The summed E-state index contributed by atoms with van der Waals surface area (Å²) in [6.45, 7) is 3.53. The molecule has 1 fully saturated rings. The fraction of sp³-hybridized carbons (Fsp3) is 0.179. The lowest BCUT2D eigenvalue weighted by Crippen LogP contribution is -2.32. The Morgan fingerprint density at radius 3 is 1.97 bits per heavy atom. The molecule has 0 aromatic heterocycles. The molecule has 3 amide bonds. The predicted molar refractivity (Wildman–Crippen MR) is 138 cm³/mol. The molecule has 2 N–H and O–H groups in total. The van der Waals surface area contributed by atoms with E-state index in [-0.39, 0.29) is 11.6 Å². The monoisotopic (exact) mass is 466 g/mol. The lowest BCUT2D eigenvalue weighted by molar-refractivity contribution is -0.120. The van der Waals surface area contributed by atoms with E-state index in [4.69, 9.17) is 0 Å². The molecule has 3 aromatic carbocycles. The van der Waals surface area contributed by atoms with Gasteiger partial charge in [-0.25, -0.2) is 4.90 Å². The van der Waals surface area contributed by atoms with Crippen LogP contribution in [0.3, 0.4) is 0 Å². The summed E-state index contributed by atoms with van der Waals surface area (Å²) in [7, 11) is 0. The van der Waals surface area contributed by atoms with Gasteiger partial charge in [0.25, 0.3) is 11.8 Å². The van der Waals surface area contributed by atoms with Crippen molar-refractivity contribution in [3.05, 3.63) is 90.1 Å². The first kappa shape index (κ1) is 22.4. The number of imide groups is 1. The standard InChI is InChI=1S/C28H26N4O3/c1-19(33)29-21-11-15-24(16-12-21)32-27(34)25(20-7-3-2-4-8-20)26(28(32)35)30-22-9-13-23(14-10-22)31-17-5-6-18-31/h2-4,7-16,30H,5-6,17-18H2,1H3,(H,29,33). The summed E-state index contributed by atoms with van der Waals surface area (Å²) in [4.78, 5) is 41.9. The summed E-state index contributed by atoms with van der Waals surface area (Å²) >= 11 is 0. The minimum absolute atomic E-state index is 0.193. The quantitative estimate of drug-likeness (QED) is 0.517. The Balaban J connectivity index is 1.46. The van der Waals surface area contributed by atoms with Crippen molar-refractivity contribution in [2.75, 3.05) is 33.5 Å². The van der Waals surface area contributed by atoms with Crippen molar-refractivity contribution in [3.8, 4) is 0 Å². The molecule has 0 radical (unpaired) electrons. The summed E-state index contributed by atoms with van der Waals surface area (Å²) < 4.78 is 0. The van der Waals surface area contributed by atoms with Crippen LogP contribution in [-0.2, 0) is 14.4 Å². The summed E-state index contributed by atoms with van der Waals surface area (Å²) in [5.74, 6) is -1.02. The van der Waals surface area contributed by atoms with Crippen molar-refractivity contribution in [2.45, 2.75) is 19.8 Å². The maximum Gasteiger partial charge on any atom is 0.282 e. The van der Waals surface area contributed by atoms with E-state index < -0.39 is 11.8 Å². The second kappa shape index (κ2) is 9.46. The van der Waals surface area contributed by atoms with Crippen molar-refractivity contribution < 1.29 is 14.4 Å². The van der Waals surface area contributed by atoms with Crippen LogP contribution in [0.4, 0.5) is 22.7 Å². The van der Waals surface area contributed by atoms with Crippen LogP contribution in [0, 0.1) is 0 Å². The number of benzene rings is 3. The number of amides is 3. The van der Waals surface area contributed by atoms with Crippen LogP contribution in [0.1, 0.15) is 25.3 Å². The predicted octanol–water partition coefficient (Wildman–Crippen LogP) is 4.64. The molecule has 7 heteroatoms. The molecule has 0 saturated carbocycles. The van der Waals surface area contributed by atoms with Gasteiger partial charge in [0.1, 0.15) is 5.70 Å². The Kier molecular flexibility index (Phi) is 6.06. The summed E-state index contributed by atoms with van der Waals surface area (Å²) in [6.07, 6.45) is 2.40. The molecule has 2 heterocycles. The lowest BCUT2D eigenvalue weighted by atomic mass is 10.0. The SMILES string of the molecule is CC(=O)Nc1ccc(N2C(=O)C(Nc3ccc(N4CCCC4)cc3)=C(c3ccccc3)C2=O)cc1. The van der Waals surface area contributed by atoms with Gasteiger partial charge in [0.05, 0.1) is 11.3 Å². The lowest BCUT2D eigenvalue weighted by Gasteiger charge is -2.18. The van der Waals surface area contributed by atoms with Crippen LogP contribution >= 0.6 is 0 Å². The zero-order valence-electron chi connectivity index (χ0n) is 19.5. The minimum atomic E-state index is -0.426. The summed E-state index contributed by atoms with van der Waals surface area (Å²) in [5.41, 5.74) is 4.14. The molecule has 2 aliphatic rings. The van der Waals surface area contributed by atoms with Gasteiger partial charge in [-0.2, -0.15) is 0 Å². The topological polar surface area (TPSA) is 81.8 Å². The highest BCUT2D eigenvalue weighted by Gasteiger charge is 2.40. The Labute approximate surface area is 204 Å². The minimum Gasteiger partial charge on any atom is -0.372 e. The third kappa shape index (κ3) is 4.53. The van der Waals surface area contributed by atoms with Crippen molar-refractivity contribution in [1.82, 2.24) is 0 Å². The second-order valence-electron chi connectivity index (χ2n) is 8.66. The second-order valence-corrected chi connectivity index (χ2v) is 8.66. The molecule has 3 aromatic rings. The Morgan fingerprint density at radius 1 is 0.743 bits per heavy atom. The molecule has 0 atom stereocenters. The molecule has 1 saturated heterocycles. The van der Waals surface area contributed by atoms with Crippen LogP contribution < -0.4 is 20.4 Å². The zero-order valence-corrected chi connectivity index (χ0v) is 19.5. The van der Waals surface area contributed by atoms with Gasteiger partial charge in [0, 0.05) is 37.1 Å². The molecule has 35 heavy (non-hydrogen) atoms. The van der Waals surface area contributed by atoms with Crippen LogP contribution in [-0.4, -0.2) is 30.8 Å². The molecule has 0 aliphatic carbocycles. The maximum absolute atomic E-state index is 13.5. The van der Waals surface area contributed by atoms with Crippen LogP contribution in [0.25, 0.3) is 5.57 Å². The highest BCUT2D eigenvalue weighted by Crippen LogP contribution is 2.34. The third-order valence-corrected chi connectivity index (χ3v) is 6.20. The largest absolute Gasteiger partial charge is 0.372 e. The van der Waals surface area contributed by atoms with Gasteiger partial charge in [0.15, 0.2) is 0 Å². The van der Waals surface area contributed by atoms with Crippen molar-refractivity contribution in [2.24, 2.45) is 0 Å². The fourth-order valence-corrected chi connectivity index (χ4v) is 4.53. The molecule has 176 valence electrons. The number of nitrogens with zero attached hydrogens (tertiary/aromatic N) is 2. The van der Waals surface area contributed by atoms with Gasteiger partial charge in [-0.1, -0.05) is 30.3 Å². The Bertz CT molecular complexity index is 1290. The normalized spacial score (nSPS) is 15.7. The van der Waals surface area contributed by atoms with Gasteiger partial charge in [-0.3, -0.25) is 14.4 Å². The molecular weight excluding hydrogens is 440 g/mol. The number of carbonyl (C=O) groups is 3. The van der Waals surface area contributed by atoms with Gasteiger partial charge in [-0.05, 0) is 66.9 Å². The number of carbonyl (C=O) groups excluding carboxylic acids is 3. The molecular formula is C28H26N4O3. The highest BCUT2D eigenvalue weighted by molar-refractivity contribution is 6.46. The van der Waals surface area contributed by atoms with Crippen molar-refractivity contribution >= 4 is 46.0 Å². The van der Waals surface area contributed by atoms with E-state index in [2.05, 4.69) is 15.5 Å². The first-order valence-corrected chi connectivity index (χ1v) is 11.7. The number of hydrogen-bond acceptors (Lipinski definition) is 5. The number of hydrogen-bond donors (Lipinski definition) is 2. The van der Waals surface area contributed by atoms with Gasteiger partial charge < -0.3 is 15.5 Å². The van der Waals surface area contributed by atoms with E-state index in [0.29, 0.717) is 22.5 Å². The Hall–Kier alpha value is -4.39. The molecule has 0 unspecified atom stereocenters. The summed E-state index contributed by atoms with van der Waals surface area (Å²) in [6, 6.07) is 23.8. The zero-order chi connectivity index (χ0) is 24.4. The average molecular weight is 467 g/mol. The maximum atomic E-state index is 13.5. The molecule has 2 aliphatic heterocycles. The van der Waals surface area contributed by atoms with Crippen LogP contribution in [0.2, 0.25) is 0 Å². The number of rotatable bonds is 6. The smallest absolute Gasteiger partial charge is 0.282 e. The van der Waals surface area contributed by atoms with Gasteiger partial charge >= 0.3 is 0 Å². The van der Waals surface area contributed by atoms with Crippen LogP contribution in [0.5, 0.6) is 0 Å². The van der Waals surface area contributed by atoms with E-state index in [1.807, 2.05) is 54.6 Å². The van der Waals surface area contributed by atoms with Crippen LogP contribution in [0.15, 0.2) is 84.6 Å². The Morgan fingerprint density at radius 2 is 1.34 bits per heavy atom. The highest BCUT2D eigenvalue weighted by atomic mass is 16.2. The molecule has 7 nitrogen and oxygen atoms in total. The number of anilines is 4. The van der Waals surface area contributed by atoms with E-state index in [0.717, 1.165) is 24.5 Å². The first-order valence-electron chi connectivity index (χ1n) is 11.7. The third-order valence-electron chi connectivity index (χ3n) is 6.20. The van der Waals surface area contributed by atoms with Crippen molar-refractivity contribution in [3.63, 3.8) is 0 Å². The summed E-state index contributed by atoms with van der Waals surface area (Å²) in [5, 5.41) is 5.91. The molecule has 0 bridgehead atoms. The van der Waals surface area contributed by atoms with Crippen molar-refractivity contribution in [1.29, 1.82) is 0 Å². The van der Waals surface area contributed by atoms with E-state index in [1.54, 1.807) is 24.3 Å². The molecule has 5 rings (SSSR count). The van der Waals surface area contributed by atoms with E-state index in [1.165, 1.54) is 24.7 Å². The van der Waals surface area contributed by atoms with Gasteiger partial charge in [0.2, 0.25) is 5.91 Å². The molecule has 0 spiro atoms. The van der Waals surface area contributed by atoms with Gasteiger partial charge in [-0.15, -0.1) is 0 Å².